The number of nitrogens with one attached hydrogen (secondary N) is 1. The van der Waals surface area contributed by atoms with E-state index in [0.717, 1.165) is 0 Å². The molecule has 0 radical (unpaired) electrons. The standard InChI is InChI=1S/C17H19NO4/c1-3-21-13-7-6-8-14(11-13)22-12-17(19)18-15-9-4-5-10-16(15)20-2/h4-11H,3,12H2,1-2H3,(H,18,19). The summed E-state index contributed by atoms with van der Waals surface area (Å²) in [6.07, 6.45) is 0. The summed E-state index contributed by atoms with van der Waals surface area (Å²) in [7, 11) is 1.56. The second-order valence-corrected chi connectivity index (χ2v) is 4.45. The van der Waals surface area contributed by atoms with E-state index in [4.69, 9.17) is 14.2 Å². The summed E-state index contributed by atoms with van der Waals surface area (Å²) < 4.78 is 16.0. The Morgan fingerprint density at radius 1 is 1.05 bits per heavy atom. The van der Waals surface area contributed by atoms with Crippen molar-refractivity contribution in [2.45, 2.75) is 6.92 Å². The molecular formula is C17H19NO4. The van der Waals surface area contributed by atoms with Crippen molar-refractivity contribution in [2.24, 2.45) is 0 Å². The van der Waals surface area contributed by atoms with Gasteiger partial charge in [0.05, 0.1) is 19.4 Å². The first kappa shape index (κ1) is 15.7. The van der Waals surface area contributed by atoms with Gasteiger partial charge in [0.25, 0.3) is 5.91 Å². The van der Waals surface area contributed by atoms with E-state index in [1.165, 1.54) is 0 Å². The minimum Gasteiger partial charge on any atom is -0.495 e. The molecule has 2 aromatic rings. The zero-order valence-electron chi connectivity index (χ0n) is 12.7. The molecule has 1 amide bonds. The van der Waals surface area contributed by atoms with Crippen molar-refractivity contribution >= 4 is 11.6 Å². The van der Waals surface area contributed by atoms with E-state index in [1.807, 2.05) is 31.2 Å². The topological polar surface area (TPSA) is 56.8 Å². The quantitative estimate of drug-likeness (QED) is 0.853. The summed E-state index contributed by atoms with van der Waals surface area (Å²) in [6.45, 7) is 2.40. The monoisotopic (exact) mass is 301 g/mol. The summed E-state index contributed by atoms with van der Waals surface area (Å²) in [5.41, 5.74) is 0.613. The first-order chi connectivity index (χ1) is 10.7. The lowest BCUT2D eigenvalue weighted by Crippen LogP contribution is -2.20. The largest absolute Gasteiger partial charge is 0.495 e. The van der Waals surface area contributed by atoms with Crippen LogP contribution in [0, 0.1) is 0 Å². The van der Waals surface area contributed by atoms with Gasteiger partial charge in [-0.15, -0.1) is 0 Å². The van der Waals surface area contributed by atoms with Gasteiger partial charge < -0.3 is 19.5 Å². The van der Waals surface area contributed by atoms with E-state index in [2.05, 4.69) is 5.32 Å². The molecule has 0 aromatic heterocycles. The van der Waals surface area contributed by atoms with Crippen LogP contribution in [0.5, 0.6) is 17.2 Å². The number of hydrogen-bond donors (Lipinski definition) is 1. The maximum absolute atomic E-state index is 11.9. The predicted molar refractivity (Wildman–Crippen MR) is 84.7 cm³/mol. The number of ether oxygens (including phenoxy) is 3. The van der Waals surface area contributed by atoms with Gasteiger partial charge in [0.2, 0.25) is 0 Å². The fourth-order valence-corrected chi connectivity index (χ4v) is 1.90. The summed E-state index contributed by atoms with van der Waals surface area (Å²) in [4.78, 5) is 11.9. The molecule has 2 rings (SSSR count). The minimum atomic E-state index is -0.258. The Morgan fingerprint density at radius 3 is 2.50 bits per heavy atom. The molecule has 1 N–H and O–H groups in total. The number of carbonyl (C=O) groups is 1. The van der Waals surface area contributed by atoms with E-state index in [9.17, 15) is 4.79 Å². The highest BCUT2D eigenvalue weighted by atomic mass is 16.5. The first-order valence-corrected chi connectivity index (χ1v) is 7.01. The SMILES string of the molecule is CCOc1cccc(OCC(=O)Nc2ccccc2OC)c1. The van der Waals surface area contributed by atoms with Crippen LogP contribution in [0.2, 0.25) is 0 Å². The molecule has 0 atom stereocenters. The number of hydrogen-bond acceptors (Lipinski definition) is 4. The number of amides is 1. The van der Waals surface area contributed by atoms with Crippen molar-refractivity contribution in [3.8, 4) is 17.2 Å². The lowest BCUT2D eigenvalue weighted by atomic mass is 10.3. The third-order valence-corrected chi connectivity index (χ3v) is 2.87. The van der Waals surface area contributed by atoms with Gasteiger partial charge in [-0.3, -0.25) is 4.79 Å². The molecule has 0 spiro atoms. The van der Waals surface area contributed by atoms with E-state index in [1.54, 1.807) is 31.4 Å². The molecule has 0 saturated heterocycles. The summed E-state index contributed by atoms with van der Waals surface area (Å²) in [5, 5.41) is 2.75. The molecular weight excluding hydrogens is 282 g/mol. The number of benzene rings is 2. The first-order valence-electron chi connectivity index (χ1n) is 7.01. The summed E-state index contributed by atoms with van der Waals surface area (Å²) in [6, 6.07) is 14.4. The lowest BCUT2D eigenvalue weighted by Gasteiger charge is -2.11. The Bertz CT molecular complexity index is 628. The van der Waals surface area contributed by atoms with Crippen molar-refractivity contribution in [3.63, 3.8) is 0 Å². The van der Waals surface area contributed by atoms with Gasteiger partial charge in [0.1, 0.15) is 17.2 Å². The van der Waals surface area contributed by atoms with Crippen LogP contribution >= 0.6 is 0 Å². The summed E-state index contributed by atoms with van der Waals surface area (Å²) in [5.74, 6) is 1.65. The second-order valence-electron chi connectivity index (χ2n) is 4.45. The molecule has 2 aromatic carbocycles. The summed E-state index contributed by atoms with van der Waals surface area (Å²) >= 11 is 0. The van der Waals surface area contributed by atoms with Gasteiger partial charge >= 0.3 is 0 Å². The van der Waals surface area contributed by atoms with Crippen LogP contribution < -0.4 is 19.5 Å². The van der Waals surface area contributed by atoms with Crippen LogP contribution in [0.4, 0.5) is 5.69 Å². The number of anilines is 1. The van der Waals surface area contributed by atoms with Gasteiger partial charge in [-0.05, 0) is 31.2 Å². The number of carbonyl (C=O) groups excluding carboxylic acids is 1. The van der Waals surface area contributed by atoms with Gasteiger partial charge in [-0.1, -0.05) is 18.2 Å². The molecule has 22 heavy (non-hydrogen) atoms. The van der Waals surface area contributed by atoms with Crippen LogP contribution in [0.15, 0.2) is 48.5 Å². The number of rotatable bonds is 7. The predicted octanol–water partition coefficient (Wildman–Crippen LogP) is 3.11. The molecule has 0 aliphatic heterocycles. The van der Waals surface area contributed by atoms with Crippen molar-refractivity contribution in [3.05, 3.63) is 48.5 Å². The van der Waals surface area contributed by atoms with E-state index in [-0.39, 0.29) is 12.5 Å². The molecule has 116 valence electrons. The van der Waals surface area contributed by atoms with E-state index >= 15 is 0 Å². The molecule has 5 nitrogen and oxygen atoms in total. The Morgan fingerprint density at radius 2 is 1.77 bits per heavy atom. The lowest BCUT2D eigenvalue weighted by molar-refractivity contribution is -0.118. The third kappa shape index (κ3) is 4.41. The van der Waals surface area contributed by atoms with Crippen LogP contribution in [0.1, 0.15) is 6.92 Å². The Hall–Kier alpha value is -2.69. The van der Waals surface area contributed by atoms with Crippen LogP contribution in [-0.4, -0.2) is 26.2 Å². The minimum absolute atomic E-state index is 0.0897. The van der Waals surface area contributed by atoms with Gasteiger partial charge in [-0.2, -0.15) is 0 Å². The van der Waals surface area contributed by atoms with Crippen LogP contribution in [0.3, 0.4) is 0 Å². The zero-order chi connectivity index (χ0) is 15.8. The third-order valence-electron chi connectivity index (χ3n) is 2.87. The molecule has 0 unspecified atom stereocenters. The number of para-hydroxylation sites is 2. The molecule has 0 saturated carbocycles. The number of methoxy groups -OCH3 is 1. The molecule has 0 bridgehead atoms. The second kappa shape index (κ2) is 7.93. The molecule has 5 heteroatoms. The Balaban J connectivity index is 1.91. The molecule has 0 aliphatic carbocycles. The molecule has 0 fully saturated rings. The Kier molecular flexibility index (Phi) is 5.65. The van der Waals surface area contributed by atoms with Crippen LogP contribution in [-0.2, 0) is 4.79 Å². The van der Waals surface area contributed by atoms with E-state index < -0.39 is 0 Å². The highest BCUT2D eigenvalue weighted by molar-refractivity contribution is 5.93. The van der Waals surface area contributed by atoms with Crippen molar-refractivity contribution in [1.82, 2.24) is 0 Å². The van der Waals surface area contributed by atoms with Gasteiger partial charge in [0.15, 0.2) is 6.61 Å². The fourth-order valence-electron chi connectivity index (χ4n) is 1.90. The highest BCUT2D eigenvalue weighted by Gasteiger charge is 2.08. The van der Waals surface area contributed by atoms with Gasteiger partial charge in [-0.25, -0.2) is 0 Å². The maximum atomic E-state index is 11.9. The van der Waals surface area contributed by atoms with Crippen molar-refractivity contribution in [2.75, 3.05) is 25.6 Å². The Labute approximate surface area is 129 Å². The van der Waals surface area contributed by atoms with Crippen molar-refractivity contribution in [1.29, 1.82) is 0 Å². The smallest absolute Gasteiger partial charge is 0.262 e. The average molecular weight is 301 g/mol. The maximum Gasteiger partial charge on any atom is 0.262 e. The average Bonchev–Trinajstić information content (AvgIpc) is 2.54. The molecule has 0 heterocycles. The highest BCUT2D eigenvalue weighted by Crippen LogP contribution is 2.23. The van der Waals surface area contributed by atoms with Crippen LogP contribution in [0.25, 0.3) is 0 Å². The fraction of sp³-hybridized carbons (Fsp3) is 0.235. The normalized spacial score (nSPS) is 9.91. The van der Waals surface area contributed by atoms with Crippen molar-refractivity contribution < 1.29 is 19.0 Å². The van der Waals surface area contributed by atoms with E-state index in [0.29, 0.717) is 29.5 Å². The van der Waals surface area contributed by atoms with Gasteiger partial charge in [0, 0.05) is 6.07 Å². The molecule has 0 aliphatic rings. The zero-order valence-corrected chi connectivity index (χ0v) is 12.7.